The molecule has 0 radical (unpaired) electrons. The van der Waals surface area contributed by atoms with Crippen LogP contribution in [0.25, 0.3) is 0 Å². The van der Waals surface area contributed by atoms with Gasteiger partial charge in [0, 0.05) is 18.3 Å². The van der Waals surface area contributed by atoms with Gasteiger partial charge in [0.25, 0.3) is 11.8 Å². The molecule has 0 saturated heterocycles. The van der Waals surface area contributed by atoms with Crippen LogP contribution in [0.3, 0.4) is 0 Å². The summed E-state index contributed by atoms with van der Waals surface area (Å²) in [5, 5.41) is 11.6. The van der Waals surface area contributed by atoms with Crippen molar-refractivity contribution >= 4 is 29.1 Å². The zero-order chi connectivity index (χ0) is 21.5. The number of rotatable bonds is 9. The Morgan fingerprint density at radius 2 is 1.50 bits per heavy atom. The first-order chi connectivity index (χ1) is 14.4. The number of nitrogens with one attached hydrogen (secondary N) is 4. The predicted molar refractivity (Wildman–Crippen MR) is 118 cm³/mol. The molecule has 0 atom stereocenters. The van der Waals surface area contributed by atoms with Crippen molar-refractivity contribution in [2.24, 2.45) is 5.92 Å². The highest BCUT2D eigenvalue weighted by Gasteiger charge is 2.24. The van der Waals surface area contributed by atoms with E-state index in [1.165, 1.54) is 0 Å². The monoisotopic (exact) mass is 408 g/mol. The van der Waals surface area contributed by atoms with Gasteiger partial charge in [-0.15, -0.1) is 0 Å². The first-order valence-electron chi connectivity index (χ1n) is 10.2. The van der Waals surface area contributed by atoms with Gasteiger partial charge in [-0.3, -0.25) is 14.4 Å². The zero-order valence-corrected chi connectivity index (χ0v) is 17.3. The summed E-state index contributed by atoms with van der Waals surface area (Å²) in [6.45, 7) is 4.56. The van der Waals surface area contributed by atoms with Crippen molar-refractivity contribution in [3.8, 4) is 0 Å². The van der Waals surface area contributed by atoms with Gasteiger partial charge in [-0.2, -0.15) is 0 Å². The van der Waals surface area contributed by atoms with Crippen LogP contribution in [0.4, 0.5) is 11.4 Å². The molecule has 0 aromatic heterocycles. The molecular weight excluding hydrogens is 380 g/mol. The predicted octanol–water partition coefficient (Wildman–Crippen LogP) is 3.02. The standard InChI is InChI=1S/C23H28N4O3/c1-15(2)13-25-22(29)18-8-4-6-10-20(18)27-21(28)14-24-19-9-5-3-7-17(19)23(30)26-16-11-12-16/h3-10,15-16,24H,11-14H2,1-2H3,(H,25,29)(H,26,30)(H,27,28). The maximum atomic E-state index is 12.5. The Morgan fingerprint density at radius 1 is 0.900 bits per heavy atom. The SMILES string of the molecule is CC(C)CNC(=O)c1ccccc1NC(=O)CNc1ccccc1C(=O)NC1CC1. The molecule has 3 amide bonds. The van der Waals surface area contributed by atoms with Gasteiger partial charge in [-0.1, -0.05) is 38.1 Å². The Hall–Kier alpha value is -3.35. The summed E-state index contributed by atoms with van der Waals surface area (Å²) in [4.78, 5) is 37.3. The fraction of sp³-hybridized carbons (Fsp3) is 0.348. The van der Waals surface area contributed by atoms with Crippen LogP contribution < -0.4 is 21.3 Å². The molecule has 0 heterocycles. The van der Waals surface area contributed by atoms with Crippen molar-refractivity contribution in [1.82, 2.24) is 10.6 Å². The molecule has 1 saturated carbocycles. The summed E-state index contributed by atoms with van der Waals surface area (Å²) >= 11 is 0. The van der Waals surface area contributed by atoms with Gasteiger partial charge in [0.2, 0.25) is 5.91 Å². The quantitative estimate of drug-likeness (QED) is 0.513. The molecule has 7 heteroatoms. The van der Waals surface area contributed by atoms with E-state index in [0.29, 0.717) is 35.0 Å². The van der Waals surface area contributed by atoms with Gasteiger partial charge < -0.3 is 21.3 Å². The molecule has 0 aliphatic heterocycles. The summed E-state index contributed by atoms with van der Waals surface area (Å²) in [7, 11) is 0. The van der Waals surface area contributed by atoms with Crippen LogP contribution in [-0.2, 0) is 4.79 Å². The second kappa shape index (κ2) is 9.91. The highest BCUT2D eigenvalue weighted by molar-refractivity contribution is 6.05. The van der Waals surface area contributed by atoms with E-state index in [4.69, 9.17) is 0 Å². The number of para-hydroxylation sites is 2. The number of hydrogen-bond acceptors (Lipinski definition) is 4. The highest BCUT2D eigenvalue weighted by atomic mass is 16.2. The van der Waals surface area contributed by atoms with Crippen molar-refractivity contribution < 1.29 is 14.4 Å². The molecule has 2 aromatic carbocycles. The van der Waals surface area contributed by atoms with Crippen molar-refractivity contribution in [3.63, 3.8) is 0 Å². The molecule has 1 aliphatic rings. The van der Waals surface area contributed by atoms with E-state index < -0.39 is 0 Å². The van der Waals surface area contributed by atoms with Crippen LogP contribution in [0.15, 0.2) is 48.5 Å². The molecule has 30 heavy (non-hydrogen) atoms. The second-order valence-corrected chi connectivity index (χ2v) is 7.84. The summed E-state index contributed by atoms with van der Waals surface area (Å²) in [5.41, 5.74) is 1.96. The summed E-state index contributed by atoms with van der Waals surface area (Å²) in [6, 6.07) is 14.2. The molecule has 0 unspecified atom stereocenters. The smallest absolute Gasteiger partial charge is 0.253 e. The minimum atomic E-state index is -0.309. The molecule has 1 aliphatic carbocycles. The third-order valence-corrected chi connectivity index (χ3v) is 4.64. The maximum absolute atomic E-state index is 12.5. The normalized spacial score (nSPS) is 12.9. The van der Waals surface area contributed by atoms with Gasteiger partial charge >= 0.3 is 0 Å². The molecule has 7 nitrogen and oxygen atoms in total. The summed E-state index contributed by atoms with van der Waals surface area (Å²) in [6.07, 6.45) is 2.02. The van der Waals surface area contributed by atoms with Crippen molar-refractivity contribution in [3.05, 3.63) is 59.7 Å². The average molecular weight is 409 g/mol. The number of hydrogen-bond donors (Lipinski definition) is 4. The van der Waals surface area contributed by atoms with E-state index in [1.807, 2.05) is 19.9 Å². The highest BCUT2D eigenvalue weighted by Crippen LogP contribution is 2.21. The third kappa shape index (κ3) is 6.07. The molecule has 3 rings (SSSR count). The number of carbonyl (C=O) groups excluding carboxylic acids is 3. The number of carbonyl (C=O) groups is 3. The third-order valence-electron chi connectivity index (χ3n) is 4.64. The van der Waals surface area contributed by atoms with Crippen molar-refractivity contribution in [1.29, 1.82) is 0 Å². The lowest BCUT2D eigenvalue weighted by Crippen LogP contribution is -2.30. The van der Waals surface area contributed by atoms with E-state index in [1.54, 1.807) is 42.5 Å². The number of benzene rings is 2. The van der Waals surface area contributed by atoms with E-state index in [-0.39, 0.29) is 30.3 Å². The topological polar surface area (TPSA) is 99.3 Å². The van der Waals surface area contributed by atoms with Crippen molar-refractivity contribution in [2.45, 2.75) is 32.7 Å². The van der Waals surface area contributed by atoms with E-state index in [2.05, 4.69) is 21.3 Å². The molecule has 0 spiro atoms. The minimum absolute atomic E-state index is 0.0321. The van der Waals surface area contributed by atoms with Gasteiger partial charge in [0.05, 0.1) is 23.4 Å². The van der Waals surface area contributed by atoms with Gasteiger partial charge in [0.15, 0.2) is 0 Å². The first kappa shape index (κ1) is 21.4. The summed E-state index contributed by atoms with van der Waals surface area (Å²) in [5.74, 6) is -0.351. The number of anilines is 2. The van der Waals surface area contributed by atoms with Crippen LogP contribution in [0, 0.1) is 5.92 Å². The van der Waals surface area contributed by atoms with Crippen LogP contribution in [-0.4, -0.2) is 36.9 Å². The van der Waals surface area contributed by atoms with Crippen molar-refractivity contribution in [2.75, 3.05) is 23.7 Å². The fourth-order valence-electron chi connectivity index (χ4n) is 2.88. The lowest BCUT2D eigenvalue weighted by atomic mass is 10.1. The Kier molecular flexibility index (Phi) is 7.06. The fourth-order valence-corrected chi connectivity index (χ4v) is 2.88. The van der Waals surface area contributed by atoms with Gasteiger partial charge in [0.1, 0.15) is 0 Å². The lowest BCUT2D eigenvalue weighted by Gasteiger charge is -2.14. The molecule has 4 N–H and O–H groups in total. The second-order valence-electron chi connectivity index (χ2n) is 7.84. The van der Waals surface area contributed by atoms with Crippen LogP contribution >= 0.6 is 0 Å². The zero-order valence-electron chi connectivity index (χ0n) is 17.3. The Bertz CT molecular complexity index is 922. The molecule has 0 bridgehead atoms. The summed E-state index contributed by atoms with van der Waals surface area (Å²) < 4.78 is 0. The largest absolute Gasteiger partial charge is 0.376 e. The van der Waals surface area contributed by atoms with E-state index >= 15 is 0 Å². The maximum Gasteiger partial charge on any atom is 0.253 e. The first-order valence-corrected chi connectivity index (χ1v) is 10.2. The molecule has 158 valence electrons. The minimum Gasteiger partial charge on any atom is -0.376 e. The average Bonchev–Trinajstić information content (AvgIpc) is 3.55. The Balaban J connectivity index is 1.61. The number of amides is 3. The van der Waals surface area contributed by atoms with Crippen LogP contribution in [0.2, 0.25) is 0 Å². The van der Waals surface area contributed by atoms with Gasteiger partial charge in [-0.25, -0.2) is 0 Å². The lowest BCUT2D eigenvalue weighted by molar-refractivity contribution is -0.114. The van der Waals surface area contributed by atoms with E-state index in [0.717, 1.165) is 12.8 Å². The Morgan fingerprint density at radius 3 is 2.13 bits per heavy atom. The van der Waals surface area contributed by atoms with Crippen LogP contribution in [0.1, 0.15) is 47.4 Å². The Labute approximate surface area is 176 Å². The van der Waals surface area contributed by atoms with Gasteiger partial charge in [-0.05, 0) is 43.0 Å². The van der Waals surface area contributed by atoms with E-state index in [9.17, 15) is 14.4 Å². The molecular formula is C23H28N4O3. The van der Waals surface area contributed by atoms with Crippen LogP contribution in [0.5, 0.6) is 0 Å². The molecule has 1 fully saturated rings. The molecule has 2 aromatic rings.